The summed E-state index contributed by atoms with van der Waals surface area (Å²) < 4.78 is 0. The molecule has 4 heteroatoms. The second-order valence-corrected chi connectivity index (χ2v) is 4.53. The van der Waals surface area contributed by atoms with Gasteiger partial charge >= 0.3 is 5.97 Å². The number of carboxylic acids is 1. The number of hydrogen-bond donors (Lipinski definition) is 3. The smallest absolute Gasteiger partial charge is 0.303 e. The Morgan fingerprint density at radius 1 is 1.33 bits per heavy atom. The van der Waals surface area contributed by atoms with Crippen LogP contribution in [-0.4, -0.2) is 34.9 Å². The minimum Gasteiger partial charge on any atom is -0.481 e. The molecule has 0 amide bonds. The molecular formula is C11H23NO3. The van der Waals surface area contributed by atoms with Crippen LogP contribution in [0.25, 0.3) is 0 Å². The monoisotopic (exact) mass is 217 g/mol. The van der Waals surface area contributed by atoms with Crippen molar-refractivity contribution in [2.75, 3.05) is 6.54 Å². The third kappa shape index (κ3) is 9.69. The number of carbonyl (C=O) groups is 1. The van der Waals surface area contributed by atoms with E-state index in [9.17, 15) is 9.90 Å². The summed E-state index contributed by atoms with van der Waals surface area (Å²) in [6.07, 6.45) is 1.22. The maximum absolute atomic E-state index is 10.3. The standard InChI is InChI=1S/C11H23NO3/c1-8(2)6-10(13)7-12-9(3)4-5-11(14)15/h8-10,12-13H,4-7H2,1-3H3,(H,14,15). The van der Waals surface area contributed by atoms with E-state index >= 15 is 0 Å². The zero-order valence-electron chi connectivity index (χ0n) is 9.86. The molecule has 3 N–H and O–H groups in total. The van der Waals surface area contributed by atoms with Gasteiger partial charge in [-0.2, -0.15) is 0 Å². The molecule has 0 aliphatic carbocycles. The molecule has 0 heterocycles. The summed E-state index contributed by atoms with van der Waals surface area (Å²) in [5.41, 5.74) is 0. The predicted octanol–water partition coefficient (Wildman–Crippen LogP) is 1.24. The number of carboxylic acid groups (broad SMARTS) is 1. The summed E-state index contributed by atoms with van der Waals surface area (Å²) in [6.45, 7) is 6.61. The number of nitrogens with one attached hydrogen (secondary N) is 1. The maximum Gasteiger partial charge on any atom is 0.303 e. The topological polar surface area (TPSA) is 69.6 Å². The zero-order valence-corrected chi connectivity index (χ0v) is 9.86. The van der Waals surface area contributed by atoms with Gasteiger partial charge in [0.1, 0.15) is 0 Å². The average molecular weight is 217 g/mol. The molecule has 4 nitrogen and oxygen atoms in total. The molecule has 0 aromatic carbocycles. The van der Waals surface area contributed by atoms with Crippen molar-refractivity contribution in [3.8, 4) is 0 Å². The van der Waals surface area contributed by atoms with Crippen molar-refractivity contribution in [2.24, 2.45) is 5.92 Å². The molecular weight excluding hydrogens is 194 g/mol. The van der Waals surface area contributed by atoms with Gasteiger partial charge < -0.3 is 15.5 Å². The van der Waals surface area contributed by atoms with Crippen molar-refractivity contribution in [1.82, 2.24) is 5.32 Å². The van der Waals surface area contributed by atoms with E-state index in [-0.39, 0.29) is 18.6 Å². The van der Waals surface area contributed by atoms with Crippen molar-refractivity contribution in [3.63, 3.8) is 0 Å². The lowest BCUT2D eigenvalue weighted by atomic mass is 10.1. The van der Waals surface area contributed by atoms with Crippen LogP contribution in [0.3, 0.4) is 0 Å². The third-order valence-electron chi connectivity index (χ3n) is 2.24. The van der Waals surface area contributed by atoms with Crippen LogP contribution in [0.4, 0.5) is 0 Å². The summed E-state index contributed by atoms with van der Waals surface area (Å²) in [5.74, 6) is -0.289. The molecule has 0 bridgehead atoms. The number of aliphatic carboxylic acids is 1. The molecule has 2 atom stereocenters. The van der Waals surface area contributed by atoms with Gasteiger partial charge in [0.25, 0.3) is 0 Å². The molecule has 0 saturated heterocycles. The van der Waals surface area contributed by atoms with Crippen molar-refractivity contribution >= 4 is 5.97 Å². The fraction of sp³-hybridized carbons (Fsp3) is 0.909. The van der Waals surface area contributed by atoms with Crippen LogP contribution in [-0.2, 0) is 4.79 Å². The van der Waals surface area contributed by atoms with Gasteiger partial charge in [0.15, 0.2) is 0 Å². The first-order valence-corrected chi connectivity index (χ1v) is 5.55. The molecule has 0 rings (SSSR count). The lowest BCUT2D eigenvalue weighted by Gasteiger charge is -2.17. The predicted molar refractivity (Wildman–Crippen MR) is 59.8 cm³/mol. The first-order valence-electron chi connectivity index (χ1n) is 5.55. The van der Waals surface area contributed by atoms with Crippen LogP contribution in [0.5, 0.6) is 0 Å². The van der Waals surface area contributed by atoms with Crippen LogP contribution in [0.15, 0.2) is 0 Å². The SMILES string of the molecule is CC(C)CC(O)CNC(C)CCC(=O)O. The summed E-state index contributed by atoms with van der Waals surface area (Å²) in [6, 6.07) is 0.142. The van der Waals surface area contributed by atoms with Gasteiger partial charge in [0, 0.05) is 19.0 Å². The number of aliphatic hydroxyl groups excluding tert-OH is 1. The molecule has 0 spiro atoms. The number of hydrogen-bond acceptors (Lipinski definition) is 3. The van der Waals surface area contributed by atoms with E-state index in [1.54, 1.807) is 0 Å². The Labute approximate surface area is 91.7 Å². The summed E-state index contributed by atoms with van der Waals surface area (Å²) >= 11 is 0. The Morgan fingerprint density at radius 3 is 2.40 bits per heavy atom. The molecule has 0 aromatic rings. The molecule has 0 saturated carbocycles. The van der Waals surface area contributed by atoms with Crippen LogP contribution in [0.1, 0.15) is 40.0 Å². The maximum atomic E-state index is 10.3. The van der Waals surface area contributed by atoms with Gasteiger partial charge in [-0.15, -0.1) is 0 Å². The Bertz CT molecular complexity index is 183. The first kappa shape index (κ1) is 14.4. The minimum absolute atomic E-state index is 0.142. The molecule has 15 heavy (non-hydrogen) atoms. The van der Waals surface area contributed by atoms with Gasteiger partial charge in [-0.3, -0.25) is 4.79 Å². The normalized spacial score (nSPS) is 15.3. The van der Waals surface area contributed by atoms with Crippen molar-refractivity contribution in [2.45, 2.75) is 52.2 Å². The highest BCUT2D eigenvalue weighted by molar-refractivity contribution is 5.66. The van der Waals surface area contributed by atoms with E-state index in [1.165, 1.54) is 0 Å². The zero-order chi connectivity index (χ0) is 11.8. The van der Waals surface area contributed by atoms with Gasteiger partial charge in [-0.1, -0.05) is 13.8 Å². The lowest BCUT2D eigenvalue weighted by molar-refractivity contribution is -0.137. The van der Waals surface area contributed by atoms with Crippen LogP contribution < -0.4 is 5.32 Å². The van der Waals surface area contributed by atoms with Crippen molar-refractivity contribution in [3.05, 3.63) is 0 Å². The summed E-state index contributed by atoms with van der Waals surface area (Å²) in [7, 11) is 0. The van der Waals surface area contributed by atoms with Gasteiger partial charge in [-0.05, 0) is 25.7 Å². The quantitative estimate of drug-likeness (QED) is 0.572. The second kappa shape index (κ2) is 7.65. The highest BCUT2D eigenvalue weighted by atomic mass is 16.4. The Balaban J connectivity index is 3.52. The average Bonchev–Trinajstić information content (AvgIpc) is 2.10. The Morgan fingerprint density at radius 2 is 1.93 bits per heavy atom. The Kier molecular flexibility index (Phi) is 7.34. The molecule has 0 aromatic heterocycles. The minimum atomic E-state index is -0.772. The van der Waals surface area contributed by atoms with E-state index in [0.29, 0.717) is 18.9 Å². The molecule has 90 valence electrons. The van der Waals surface area contributed by atoms with Crippen molar-refractivity contribution < 1.29 is 15.0 Å². The van der Waals surface area contributed by atoms with Crippen LogP contribution >= 0.6 is 0 Å². The molecule has 2 unspecified atom stereocenters. The second-order valence-electron chi connectivity index (χ2n) is 4.53. The summed E-state index contributed by atoms with van der Waals surface area (Å²) in [4.78, 5) is 10.3. The molecule has 0 fully saturated rings. The fourth-order valence-corrected chi connectivity index (χ4v) is 1.41. The number of rotatable bonds is 8. The first-order chi connectivity index (χ1) is 6.91. The molecule has 0 radical (unpaired) electrons. The Hall–Kier alpha value is -0.610. The molecule has 0 aliphatic heterocycles. The highest BCUT2D eigenvalue weighted by Gasteiger charge is 2.09. The third-order valence-corrected chi connectivity index (χ3v) is 2.24. The van der Waals surface area contributed by atoms with E-state index in [2.05, 4.69) is 19.2 Å². The highest BCUT2D eigenvalue weighted by Crippen LogP contribution is 2.04. The van der Waals surface area contributed by atoms with E-state index < -0.39 is 5.97 Å². The number of aliphatic hydroxyl groups is 1. The summed E-state index contributed by atoms with van der Waals surface area (Å²) in [5, 5.41) is 21.2. The molecule has 0 aliphatic rings. The van der Waals surface area contributed by atoms with E-state index in [1.807, 2.05) is 6.92 Å². The van der Waals surface area contributed by atoms with E-state index in [4.69, 9.17) is 5.11 Å². The van der Waals surface area contributed by atoms with Crippen LogP contribution in [0, 0.1) is 5.92 Å². The van der Waals surface area contributed by atoms with Gasteiger partial charge in [-0.25, -0.2) is 0 Å². The van der Waals surface area contributed by atoms with E-state index in [0.717, 1.165) is 6.42 Å². The van der Waals surface area contributed by atoms with Crippen molar-refractivity contribution in [1.29, 1.82) is 0 Å². The largest absolute Gasteiger partial charge is 0.481 e. The fourth-order valence-electron chi connectivity index (χ4n) is 1.41. The lowest BCUT2D eigenvalue weighted by Crippen LogP contribution is -2.34. The van der Waals surface area contributed by atoms with Crippen LogP contribution in [0.2, 0.25) is 0 Å². The van der Waals surface area contributed by atoms with Gasteiger partial charge in [0.2, 0.25) is 0 Å². The van der Waals surface area contributed by atoms with Gasteiger partial charge in [0.05, 0.1) is 6.10 Å².